The lowest BCUT2D eigenvalue weighted by Crippen LogP contribution is -2.27. The van der Waals surface area contributed by atoms with E-state index in [0.717, 1.165) is 23.6 Å². The molecule has 0 radical (unpaired) electrons. The zero-order valence-corrected chi connectivity index (χ0v) is 13.9. The van der Waals surface area contributed by atoms with Gasteiger partial charge in [-0.1, -0.05) is 13.3 Å². The van der Waals surface area contributed by atoms with E-state index < -0.39 is 5.92 Å². The summed E-state index contributed by atoms with van der Waals surface area (Å²) in [5.74, 6) is 0.705. The number of carbonyl (C=O) groups is 1. The third-order valence-corrected chi connectivity index (χ3v) is 4.83. The number of nitriles is 1. The largest absolute Gasteiger partial charge is 0.469 e. The van der Waals surface area contributed by atoms with Crippen molar-refractivity contribution in [2.45, 2.75) is 39.5 Å². The van der Waals surface area contributed by atoms with Crippen LogP contribution in [0.15, 0.2) is 39.1 Å². The van der Waals surface area contributed by atoms with Crippen LogP contribution in [0.3, 0.4) is 0 Å². The van der Waals surface area contributed by atoms with Gasteiger partial charge < -0.3 is 4.42 Å². The number of hydrogen-bond acceptors (Lipinski definition) is 5. The number of allylic oxidation sites excluding steroid dienone is 2. The zero-order valence-electron chi connectivity index (χ0n) is 13.1. The molecule has 1 aliphatic heterocycles. The number of carbonyl (C=O) groups excluding carboxylic acids is 1. The summed E-state index contributed by atoms with van der Waals surface area (Å²) in [6.45, 7) is 5.49. The summed E-state index contributed by atoms with van der Waals surface area (Å²) in [5.41, 5.74) is 1.28. The average molecular weight is 316 g/mol. The topological polar surface area (TPSA) is 66.4 Å². The molecule has 1 aliphatic rings. The number of rotatable bonds is 5. The second-order valence-electron chi connectivity index (χ2n) is 5.31. The maximum Gasteiger partial charge on any atom is 0.158 e. The SMILES string of the molecule is CCCCSC1=NC(C)=C(C(C)=O)[C@H](c2ccco2)C1C#N. The van der Waals surface area contributed by atoms with E-state index in [4.69, 9.17) is 4.42 Å². The standard InChI is InChI=1S/C17H20N2O2S/c1-4-5-9-22-17-13(10-18)16(14-7-6-8-21-14)15(12(3)20)11(2)19-17/h6-8,13,16H,4-5,9H2,1-3H3/t13?,16-/m0/s1. The highest BCUT2D eigenvalue weighted by Gasteiger charge is 2.38. The summed E-state index contributed by atoms with van der Waals surface area (Å²) < 4.78 is 5.51. The van der Waals surface area contributed by atoms with Gasteiger partial charge in [0.05, 0.1) is 23.3 Å². The van der Waals surface area contributed by atoms with Gasteiger partial charge in [-0.15, -0.1) is 11.8 Å². The Bertz CT molecular complexity index is 638. The number of aliphatic imine (C=N–C) groups is 1. The van der Waals surface area contributed by atoms with Crippen molar-refractivity contribution < 1.29 is 9.21 Å². The molecule has 2 atom stereocenters. The first-order chi connectivity index (χ1) is 10.6. The minimum absolute atomic E-state index is 0.0551. The van der Waals surface area contributed by atoms with Crippen molar-refractivity contribution >= 4 is 22.6 Å². The van der Waals surface area contributed by atoms with Crippen LogP contribution < -0.4 is 0 Å². The predicted molar refractivity (Wildman–Crippen MR) is 88.7 cm³/mol. The number of ketones is 1. The van der Waals surface area contributed by atoms with Crippen LogP contribution in [0.2, 0.25) is 0 Å². The number of Topliss-reactive ketones (excluding diaryl/α,β-unsaturated/α-hetero) is 1. The smallest absolute Gasteiger partial charge is 0.158 e. The highest BCUT2D eigenvalue weighted by molar-refractivity contribution is 8.14. The fraction of sp³-hybridized carbons (Fsp3) is 0.471. The Morgan fingerprint density at radius 1 is 1.55 bits per heavy atom. The Morgan fingerprint density at radius 2 is 2.32 bits per heavy atom. The van der Waals surface area contributed by atoms with Crippen molar-refractivity contribution in [1.82, 2.24) is 0 Å². The molecule has 22 heavy (non-hydrogen) atoms. The molecule has 2 rings (SSSR count). The van der Waals surface area contributed by atoms with Crippen molar-refractivity contribution in [3.8, 4) is 6.07 Å². The van der Waals surface area contributed by atoms with Crippen molar-refractivity contribution in [3.63, 3.8) is 0 Å². The molecule has 0 bridgehead atoms. The molecule has 2 heterocycles. The zero-order chi connectivity index (χ0) is 16.1. The molecular formula is C17H20N2O2S. The van der Waals surface area contributed by atoms with Gasteiger partial charge in [-0.05, 0) is 38.2 Å². The van der Waals surface area contributed by atoms with E-state index in [1.807, 2.05) is 13.0 Å². The van der Waals surface area contributed by atoms with Crippen molar-refractivity contribution in [2.24, 2.45) is 10.9 Å². The van der Waals surface area contributed by atoms with Crippen LogP contribution in [0.4, 0.5) is 0 Å². The van der Waals surface area contributed by atoms with E-state index in [1.165, 1.54) is 6.92 Å². The van der Waals surface area contributed by atoms with Gasteiger partial charge in [0.25, 0.3) is 0 Å². The quantitative estimate of drug-likeness (QED) is 0.759. The summed E-state index contributed by atoms with van der Waals surface area (Å²) in [7, 11) is 0. The first-order valence-corrected chi connectivity index (χ1v) is 8.44. The van der Waals surface area contributed by atoms with Gasteiger partial charge in [0.1, 0.15) is 11.7 Å². The van der Waals surface area contributed by atoms with Crippen LogP contribution in [0.5, 0.6) is 0 Å². The lowest BCUT2D eigenvalue weighted by molar-refractivity contribution is -0.114. The first-order valence-electron chi connectivity index (χ1n) is 7.46. The highest BCUT2D eigenvalue weighted by Crippen LogP contribution is 2.41. The predicted octanol–water partition coefficient (Wildman–Crippen LogP) is 4.31. The van der Waals surface area contributed by atoms with Gasteiger partial charge >= 0.3 is 0 Å². The van der Waals surface area contributed by atoms with Crippen molar-refractivity contribution in [3.05, 3.63) is 35.4 Å². The van der Waals surface area contributed by atoms with E-state index >= 15 is 0 Å². The summed E-state index contributed by atoms with van der Waals surface area (Å²) in [6, 6.07) is 5.94. The Kier molecular flexibility index (Phi) is 5.62. The molecule has 0 spiro atoms. The molecule has 1 aromatic heterocycles. The Balaban J connectivity index is 2.44. The molecule has 0 saturated heterocycles. The molecule has 0 aromatic carbocycles. The minimum Gasteiger partial charge on any atom is -0.469 e. The van der Waals surface area contributed by atoms with E-state index in [2.05, 4.69) is 18.0 Å². The maximum atomic E-state index is 12.1. The van der Waals surface area contributed by atoms with Crippen molar-refractivity contribution in [1.29, 1.82) is 5.26 Å². The third kappa shape index (κ3) is 3.33. The molecule has 1 unspecified atom stereocenters. The van der Waals surface area contributed by atoms with E-state index in [-0.39, 0.29) is 11.7 Å². The molecule has 5 heteroatoms. The van der Waals surface area contributed by atoms with Crippen LogP contribution in [-0.4, -0.2) is 16.6 Å². The van der Waals surface area contributed by atoms with Crippen LogP contribution in [-0.2, 0) is 4.79 Å². The Morgan fingerprint density at radius 3 is 2.86 bits per heavy atom. The molecule has 116 valence electrons. The lowest BCUT2D eigenvalue weighted by atomic mass is 9.80. The van der Waals surface area contributed by atoms with Crippen LogP contribution in [0.1, 0.15) is 45.3 Å². The average Bonchev–Trinajstić information content (AvgIpc) is 3.00. The third-order valence-electron chi connectivity index (χ3n) is 3.69. The summed E-state index contributed by atoms with van der Waals surface area (Å²) >= 11 is 1.61. The molecule has 0 fully saturated rings. The number of hydrogen-bond donors (Lipinski definition) is 0. The summed E-state index contributed by atoms with van der Waals surface area (Å²) in [5, 5.41) is 10.4. The van der Waals surface area contributed by atoms with Gasteiger partial charge in [-0.2, -0.15) is 5.26 Å². The highest BCUT2D eigenvalue weighted by atomic mass is 32.2. The van der Waals surface area contributed by atoms with Crippen molar-refractivity contribution in [2.75, 3.05) is 5.75 Å². The summed E-state index contributed by atoms with van der Waals surface area (Å²) in [4.78, 5) is 16.6. The van der Waals surface area contributed by atoms with Gasteiger partial charge in [-0.25, -0.2) is 4.99 Å². The maximum absolute atomic E-state index is 12.1. The lowest BCUT2D eigenvalue weighted by Gasteiger charge is -2.28. The van der Waals surface area contributed by atoms with Crippen LogP contribution >= 0.6 is 11.8 Å². The van der Waals surface area contributed by atoms with Gasteiger partial charge in [0.15, 0.2) is 5.78 Å². The monoisotopic (exact) mass is 316 g/mol. The second-order valence-corrected chi connectivity index (χ2v) is 6.42. The Labute approximate surface area is 135 Å². The van der Waals surface area contributed by atoms with E-state index in [9.17, 15) is 10.1 Å². The molecule has 1 aromatic rings. The molecule has 0 N–H and O–H groups in total. The number of nitrogens with zero attached hydrogens (tertiary/aromatic N) is 2. The fourth-order valence-electron chi connectivity index (χ4n) is 2.65. The molecule has 4 nitrogen and oxygen atoms in total. The number of unbranched alkanes of at least 4 members (excludes halogenated alkanes) is 1. The Hall–Kier alpha value is -1.80. The van der Waals surface area contributed by atoms with Gasteiger partial charge in [-0.3, -0.25) is 4.79 Å². The first kappa shape index (κ1) is 16.6. The molecule has 0 aliphatic carbocycles. The van der Waals surface area contributed by atoms with Crippen LogP contribution in [0, 0.1) is 17.2 Å². The van der Waals surface area contributed by atoms with E-state index in [1.54, 1.807) is 24.1 Å². The number of thioether (sulfide) groups is 1. The molecular weight excluding hydrogens is 296 g/mol. The number of furan rings is 1. The van der Waals surface area contributed by atoms with E-state index in [0.29, 0.717) is 17.0 Å². The second kappa shape index (κ2) is 7.46. The molecule has 0 saturated carbocycles. The van der Waals surface area contributed by atoms with Crippen LogP contribution in [0.25, 0.3) is 0 Å². The minimum atomic E-state index is -0.462. The summed E-state index contributed by atoms with van der Waals surface area (Å²) in [6.07, 6.45) is 3.76. The normalized spacial score (nSPS) is 21.5. The fourth-order valence-corrected chi connectivity index (χ4v) is 3.86. The molecule has 0 amide bonds. The van der Waals surface area contributed by atoms with Gasteiger partial charge in [0, 0.05) is 11.3 Å². The van der Waals surface area contributed by atoms with Gasteiger partial charge in [0.2, 0.25) is 0 Å².